The van der Waals surface area contributed by atoms with E-state index in [1.807, 2.05) is 60.3 Å². The molecule has 4 rings (SSSR count). The molecule has 0 bridgehead atoms. The van der Waals surface area contributed by atoms with Gasteiger partial charge in [-0.25, -0.2) is 0 Å². The van der Waals surface area contributed by atoms with Gasteiger partial charge in [0.05, 0.1) is 19.4 Å². The molecule has 2 aliphatic rings. The van der Waals surface area contributed by atoms with Crippen molar-refractivity contribution in [3.05, 3.63) is 58.6 Å². The third-order valence-corrected chi connectivity index (χ3v) is 6.24. The van der Waals surface area contributed by atoms with Gasteiger partial charge in [0.1, 0.15) is 11.4 Å². The van der Waals surface area contributed by atoms with Gasteiger partial charge in [-0.2, -0.15) is 4.90 Å². The van der Waals surface area contributed by atoms with Gasteiger partial charge in [-0.05, 0) is 48.5 Å². The highest BCUT2D eigenvalue weighted by Gasteiger charge is 2.54. The van der Waals surface area contributed by atoms with Crippen LogP contribution >= 0.6 is 44.7 Å². The first-order valence-corrected chi connectivity index (χ1v) is 10.2. The number of hydrogen-bond donors (Lipinski definition) is 1. The fourth-order valence-electron chi connectivity index (χ4n) is 3.52. The molecule has 1 unspecified atom stereocenters. The second kappa shape index (κ2) is 7.92. The molecule has 0 aromatic heterocycles. The quantitative estimate of drug-likeness (QED) is 0.649. The maximum Gasteiger partial charge on any atom is 0.275 e. The van der Waals surface area contributed by atoms with Gasteiger partial charge in [0.25, 0.3) is 11.6 Å². The number of rotatable bonds is 3. The summed E-state index contributed by atoms with van der Waals surface area (Å²) in [5, 5.41) is 11.7. The molecule has 2 aromatic carbocycles. The molecular formula is C19H21Br2N2O2S+. The fourth-order valence-corrected chi connectivity index (χ4v) is 4.77. The maximum atomic E-state index is 11.7. The van der Waals surface area contributed by atoms with E-state index in [-0.39, 0.29) is 17.0 Å². The highest BCUT2D eigenvalue weighted by atomic mass is 79.9. The summed E-state index contributed by atoms with van der Waals surface area (Å²) in [5.74, 6) is 3.98. The van der Waals surface area contributed by atoms with Crippen LogP contribution in [0.2, 0.25) is 0 Å². The van der Waals surface area contributed by atoms with Crippen LogP contribution in [0.25, 0.3) is 0 Å². The minimum absolute atomic E-state index is 0. The molecule has 4 nitrogen and oxygen atoms in total. The molecule has 138 valence electrons. The lowest BCUT2D eigenvalue weighted by Crippen LogP contribution is -2.48. The number of nitrogens with zero attached hydrogens (tertiary/aromatic N) is 2. The first-order chi connectivity index (χ1) is 12.1. The highest BCUT2D eigenvalue weighted by molar-refractivity contribution is 9.10. The van der Waals surface area contributed by atoms with Crippen molar-refractivity contribution < 1.29 is 14.4 Å². The Morgan fingerprint density at radius 3 is 2.50 bits per heavy atom. The molecule has 0 saturated heterocycles. The third kappa shape index (κ3) is 3.42. The van der Waals surface area contributed by atoms with Gasteiger partial charge in [0.15, 0.2) is 6.54 Å². The Balaban J connectivity index is 0.00000196. The number of thioether (sulfide) groups is 1. The average Bonchev–Trinajstić information content (AvgIpc) is 2.96. The number of methoxy groups -OCH3 is 1. The Morgan fingerprint density at radius 2 is 1.85 bits per heavy atom. The van der Waals surface area contributed by atoms with Crippen LogP contribution in [0.5, 0.6) is 5.75 Å². The molecule has 0 radical (unpaired) electrons. The van der Waals surface area contributed by atoms with E-state index < -0.39 is 5.72 Å². The third-order valence-electron chi connectivity index (χ3n) is 4.78. The van der Waals surface area contributed by atoms with Gasteiger partial charge < -0.3 is 9.84 Å². The van der Waals surface area contributed by atoms with Crippen LogP contribution in [0.4, 0.5) is 5.69 Å². The molecule has 7 heteroatoms. The molecule has 0 amide bonds. The summed E-state index contributed by atoms with van der Waals surface area (Å²) in [6, 6.07) is 15.9. The summed E-state index contributed by atoms with van der Waals surface area (Å²) < 4.78 is 8.60. The lowest BCUT2D eigenvalue weighted by molar-refractivity contribution is -0.530. The molecule has 0 saturated carbocycles. The lowest BCUT2D eigenvalue weighted by atomic mass is 10.0. The number of anilines is 1. The van der Waals surface area contributed by atoms with Crippen LogP contribution in [0.15, 0.2) is 53.0 Å². The highest BCUT2D eigenvalue weighted by Crippen LogP contribution is 2.38. The van der Waals surface area contributed by atoms with Crippen LogP contribution in [0.3, 0.4) is 0 Å². The minimum Gasteiger partial charge on any atom is -0.497 e. The lowest BCUT2D eigenvalue weighted by Gasteiger charge is -2.29. The van der Waals surface area contributed by atoms with Crippen molar-refractivity contribution >= 4 is 56.2 Å². The van der Waals surface area contributed by atoms with Crippen LogP contribution < -0.4 is 9.64 Å². The normalized spacial score (nSPS) is 22.0. The van der Waals surface area contributed by atoms with Crippen LogP contribution in [-0.2, 0) is 5.72 Å². The topological polar surface area (TPSA) is 35.7 Å². The van der Waals surface area contributed by atoms with E-state index in [1.165, 1.54) is 5.84 Å². The molecule has 26 heavy (non-hydrogen) atoms. The molecule has 1 atom stereocenters. The molecule has 2 heterocycles. The Hall–Kier alpha value is -1.02. The summed E-state index contributed by atoms with van der Waals surface area (Å²) in [4.78, 5) is 2.09. The molecule has 2 aromatic rings. The Labute approximate surface area is 176 Å². The number of benzene rings is 2. The van der Waals surface area contributed by atoms with Crippen molar-refractivity contribution in [1.29, 1.82) is 0 Å². The van der Waals surface area contributed by atoms with E-state index in [4.69, 9.17) is 4.74 Å². The zero-order valence-electron chi connectivity index (χ0n) is 14.4. The van der Waals surface area contributed by atoms with Gasteiger partial charge in [-0.1, -0.05) is 15.9 Å². The van der Waals surface area contributed by atoms with E-state index in [0.29, 0.717) is 6.54 Å². The number of aliphatic hydroxyl groups is 1. The summed E-state index contributed by atoms with van der Waals surface area (Å²) >= 11 is 5.41. The van der Waals surface area contributed by atoms with E-state index in [1.54, 1.807) is 7.11 Å². The summed E-state index contributed by atoms with van der Waals surface area (Å²) in [5.41, 5.74) is 0.796. The second-order valence-corrected chi connectivity index (χ2v) is 8.27. The summed E-state index contributed by atoms with van der Waals surface area (Å²) in [7, 11) is 1.65. The first kappa shape index (κ1) is 19.7. The van der Waals surface area contributed by atoms with Gasteiger partial charge in [0, 0.05) is 15.8 Å². The predicted molar refractivity (Wildman–Crippen MR) is 116 cm³/mol. The van der Waals surface area contributed by atoms with E-state index >= 15 is 0 Å². The van der Waals surface area contributed by atoms with Gasteiger partial charge >= 0.3 is 0 Å². The largest absolute Gasteiger partial charge is 0.497 e. The molecular weight excluding hydrogens is 480 g/mol. The number of amidine groups is 1. The van der Waals surface area contributed by atoms with Crippen LogP contribution in [0.1, 0.15) is 5.56 Å². The van der Waals surface area contributed by atoms with Crippen molar-refractivity contribution in [1.82, 2.24) is 0 Å². The number of hydrogen-bond acceptors (Lipinski definition) is 4. The van der Waals surface area contributed by atoms with E-state index in [9.17, 15) is 5.11 Å². The predicted octanol–water partition coefficient (Wildman–Crippen LogP) is 3.86. The van der Waals surface area contributed by atoms with Crippen molar-refractivity contribution in [2.24, 2.45) is 0 Å². The molecule has 0 fully saturated rings. The average molecular weight is 501 g/mol. The van der Waals surface area contributed by atoms with Crippen LogP contribution in [0, 0.1) is 0 Å². The van der Waals surface area contributed by atoms with Crippen molar-refractivity contribution in [3.63, 3.8) is 0 Å². The van der Waals surface area contributed by atoms with E-state index in [0.717, 1.165) is 39.5 Å². The van der Waals surface area contributed by atoms with Crippen molar-refractivity contribution in [3.8, 4) is 5.75 Å². The maximum absolute atomic E-state index is 11.7. The SMILES string of the molecule is Br.COc1ccc(C2(O)C[N+]3=C(CSCC3)N2c2ccc(Br)cc2)cc1. The van der Waals surface area contributed by atoms with Crippen molar-refractivity contribution in [2.45, 2.75) is 5.72 Å². The minimum atomic E-state index is -1.08. The smallest absolute Gasteiger partial charge is 0.275 e. The Bertz CT molecular complexity index is 811. The second-order valence-electron chi connectivity index (χ2n) is 6.25. The standard InChI is InChI=1S/C19H20BrN2O2S.BrH/c1-24-17-8-2-14(3-9-17)19(23)13-21-10-11-25-12-18(21)22(19)16-6-4-15(20)5-7-16;/h2-9,23H,10-13H2,1H3;1H/q+1;. The monoisotopic (exact) mass is 499 g/mol. The Morgan fingerprint density at radius 1 is 1.15 bits per heavy atom. The fraction of sp³-hybridized carbons (Fsp3) is 0.316. The summed E-state index contributed by atoms with van der Waals surface area (Å²) in [6.45, 7) is 1.54. The molecule has 2 aliphatic heterocycles. The Kier molecular flexibility index (Phi) is 6.01. The van der Waals surface area contributed by atoms with Crippen LogP contribution in [-0.4, -0.2) is 47.2 Å². The summed E-state index contributed by atoms with van der Waals surface area (Å²) in [6.07, 6.45) is 0. The van der Waals surface area contributed by atoms with E-state index in [2.05, 4.69) is 25.4 Å². The zero-order chi connectivity index (χ0) is 17.4. The van der Waals surface area contributed by atoms with Gasteiger partial charge in [-0.15, -0.1) is 28.7 Å². The van der Waals surface area contributed by atoms with Gasteiger partial charge in [0.2, 0.25) is 0 Å². The number of ether oxygens (including phenoxy) is 1. The molecule has 0 spiro atoms. The zero-order valence-corrected chi connectivity index (χ0v) is 18.5. The van der Waals surface area contributed by atoms with Gasteiger partial charge in [-0.3, -0.25) is 4.58 Å². The van der Waals surface area contributed by atoms with Crippen molar-refractivity contribution in [2.75, 3.05) is 36.6 Å². The molecule has 0 aliphatic carbocycles. The molecule has 1 N–H and O–H groups in total. The first-order valence-electron chi connectivity index (χ1n) is 8.23. The number of halogens is 2.